The molecule has 4 atom stereocenters. The Kier molecular flexibility index (Phi) is 15.5. The molecule has 0 saturated heterocycles. The molecule has 0 aliphatic carbocycles. The van der Waals surface area contributed by atoms with E-state index in [-0.39, 0.29) is 18.3 Å². The number of amides is 3. The zero-order chi connectivity index (χ0) is 24.8. The van der Waals surface area contributed by atoms with Crippen molar-refractivity contribution in [3.63, 3.8) is 0 Å². The predicted molar refractivity (Wildman–Crippen MR) is 132 cm³/mol. The summed E-state index contributed by atoms with van der Waals surface area (Å²) in [5.41, 5.74) is 5.91. The van der Waals surface area contributed by atoms with Gasteiger partial charge in [0, 0.05) is 0 Å². The highest BCUT2D eigenvalue weighted by Gasteiger charge is 2.31. The molecule has 0 aliphatic heterocycles. The van der Waals surface area contributed by atoms with Crippen LogP contribution in [-0.4, -0.2) is 77.0 Å². The third-order valence-corrected chi connectivity index (χ3v) is 6.07. The lowest BCUT2D eigenvalue weighted by Crippen LogP contribution is -2.58. The lowest BCUT2D eigenvalue weighted by atomic mass is 9.99. The van der Waals surface area contributed by atoms with Crippen molar-refractivity contribution >= 4 is 47.2 Å². The zero-order valence-corrected chi connectivity index (χ0v) is 21.6. The maximum absolute atomic E-state index is 13.0. The second kappa shape index (κ2) is 16.2. The molecule has 3 amide bonds. The van der Waals surface area contributed by atoms with Gasteiger partial charge < -0.3 is 26.8 Å². The highest BCUT2D eigenvalue weighted by Crippen LogP contribution is 2.10. The molecule has 9 nitrogen and oxygen atoms in total. The molecule has 186 valence electrons. The molecule has 0 bridgehead atoms. The molecule has 32 heavy (non-hydrogen) atoms. The lowest BCUT2D eigenvalue weighted by molar-refractivity contribution is -0.142. The van der Waals surface area contributed by atoms with Gasteiger partial charge in [0.15, 0.2) is 0 Å². The Morgan fingerprint density at radius 2 is 1.34 bits per heavy atom. The van der Waals surface area contributed by atoms with E-state index in [4.69, 9.17) is 5.73 Å². The SMILES string of the molecule is CSCCC(N)C(=O)NC(C(=O)NC(CC(C)C)C(=O)NC(CCSC)C(=O)O)C(C)C. The second-order valence-corrected chi connectivity index (χ2v) is 10.5. The maximum atomic E-state index is 13.0. The fourth-order valence-electron chi connectivity index (χ4n) is 2.90. The monoisotopic (exact) mass is 492 g/mol. The number of carboxylic acids is 1. The maximum Gasteiger partial charge on any atom is 0.326 e. The first kappa shape index (κ1) is 30.5. The Hall–Kier alpha value is -1.46. The van der Waals surface area contributed by atoms with Crippen LogP contribution in [-0.2, 0) is 19.2 Å². The van der Waals surface area contributed by atoms with E-state index in [9.17, 15) is 24.3 Å². The molecule has 0 saturated carbocycles. The molecule has 4 unspecified atom stereocenters. The molecule has 11 heteroatoms. The molecular formula is C21H40N4O5S2. The minimum atomic E-state index is -1.12. The Labute approximate surface area is 200 Å². The lowest BCUT2D eigenvalue weighted by Gasteiger charge is -2.27. The molecule has 0 spiro atoms. The minimum Gasteiger partial charge on any atom is -0.480 e. The number of nitrogens with two attached hydrogens (primary N) is 1. The quantitative estimate of drug-likeness (QED) is 0.215. The van der Waals surface area contributed by atoms with E-state index >= 15 is 0 Å². The van der Waals surface area contributed by atoms with Crippen molar-refractivity contribution in [2.75, 3.05) is 24.0 Å². The average Bonchev–Trinajstić information content (AvgIpc) is 2.71. The van der Waals surface area contributed by atoms with Crippen LogP contribution < -0.4 is 21.7 Å². The van der Waals surface area contributed by atoms with Crippen LogP contribution in [0.15, 0.2) is 0 Å². The second-order valence-electron chi connectivity index (χ2n) is 8.49. The summed E-state index contributed by atoms with van der Waals surface area (Å²) in [5.74, 6) is -1.43. The third-order valence-electron chi connectivity index (χ3n) is 4.78. The van der Waals surface area contributed by atoms with Gasteiger partial charge in [0.2, 0.25) is 17.7 Å². The van der Waals surface area contributed by atoms with Crippen LogP contribution in [0.1, 0.15) is 47.0 Å². The topological polar surface area (TPSA) is 151 Å². The van der Waals surface area contributed by atoms with Crippen molar-refractivity contribution in [1.29, 1.82) is 0 Å². The molecule has 0 heterocycles. The summed E-state index contributed by atoms with van der Waals surface area (Å²) in [6.45, 7) is 7.39. The predicted octanol–water partition coefficient (Wildman–Crippen LogP) is 1.06. The average molecular weight is 493 g/mol. The summed E-state index contributed by atoms with van der Waals surface area (Å²) in [4.78, 5) is 49.7. The number of rotatable bonds is 16. The smallest absolute Gasteiger partial charge is 0.326 e. The van der Waals surface area contributed by atoms with E-state index in [1.165, 1.54) is 11.8 Å². The van der Waals surface area contributed by atoms with Crippen molar-refractivity contribution < 1.29 is 24.3 Å². The van der Waals surface area contributed by atoms with Gasteiger partial charge in [-0.25, -0.2) is 4.79 Å². The van der Waals surface area contributed by atoms with Crippen LogP contribution in [0.4, 0.5) is 0 Å². The van der Waals surface area contributed by atoms with Gasteiger partial charge in [-0.3, -0.25) is 14.4 Å². The van der Waals surface area contributed by atoms with E-state index in [1.54, 1.807) is 25.6 Å². The summed E-state index contributed by atoms with van der Waals surface area (Å²) in [7, 11) is 0. The molecule has 0 aromatic rings. The van der Waals surface area contributed by atoms with Gasteiger partial charge in [-0.1, -0.05) is 27.7 Å². The number of carbonyl (C=O) groups is 4. The first-order chi connectivity index (χ1) is 14.9. The molecule has 6 N–H and O–H groups in total. The van der Waals surface area contributed by atoms with Crippen LogP contribution in [0, 0.1) is 11.8 Å². The standard InChI is InChI=1S/C21H40N4O5S2/c1-12(2)11-16(19(27)23-15(21(29)30)8-10-32-6)24-20(28)17(13(3)4)25-18(26)14(22)7-9-31-5/h12-17H,7-11,22H2,1-6H3,(H,23,27)(H,24,28)(H,25,26)(H,29,30). The van der Waals surface area contributed by atoms with Crippen molar-refractivity contribution in [2.24, 2.45) is 17.6 Å². The fraction of sp³-hybridized carbons (Fsp3) is 0.810. The number of carbonyl (C=O) groups excluding carboxylic acids is 3. The van der Waals surface area contributed by atoms with Gasteiger partial charge in [-0.05, 0) is 55.1 Å². The number of hydrogen-bond acceptors (Lipinski definition) is 7. The van der Waals surface area contributed by atoms with E-state index in [0.717, 1.165) is 5.75 Å². The summed E-state index contributed by atoms with van der Waals surface area (Å²) in [6.07, 6.45) is 4.88. The molecule has 0 rings (SSSR count). The van der Waals surface area contributed by atoms with Crippen molar-refractivity contribution in [3.05, 3.63) is 0 Å². The molecular weight excluding hydrogens is 452 g/mol. The van der Waals surface area contributed by atoms with Gasteiger partial charge >= 0.3 is 5.97 Å². The van der Waals surface area contributed by atoms with Gasteiger partial charge in [-0.2, -0.15) is 23.5 Å². The normalized spacial score (nSPS) is 15.0. The molecule has 0 radical (unpaired) electrons. The number of hydrogen-bond donors (Lipinski definition) is 5. The Morgan fingerprint density at radius 3 is 1.81 bits per heavy atom. The van der Waals surface area contributed by atoms with Gasteiger partial charge in [-0.15, -0.1) is 0 Å². The zero-order valence-electron chi connectivity index (χ0n) is 20.0. The Balaban J connectivity index is 5.34. The van der Waals surface area contributed by atoms with Crippen LogP contribution in [0.5, 0.6) is 0 Å². The van der Waals surface area contributed by atoms with Crippen molar-refractivity contribution in [3.8, 4) is 0 Å². The van der Waals surface area contributed by atoms with Crippen LogP contribution in [0.25, 0.3) is 0 Å². The third kappa shape index (κ3) is 12.0. The van der Waals surface area contributed by atoms with Crippen LogP contribution >= 0.6 is 23.5 Å². The van der Waals surface area contributed by atoms with E-state index < -0.39 is 47.9 Å². The molecule has 0 aliphatic rings. The number of aliphatic carboxylic acids is 1. The highest BCUT2D eigenvalue weighted by molar-refractivity contribution is 7.98. The highest BCUT2D eigenvalue weighted by atomic mass is 32.2. The summed E-state index contributed by atoms with van der Waals surface area (Å²) in [6, 6.07) is -3.53. The Morgan fingerprint density at radius 1 is 0.812 bits per heavy atom. The first-order valence-electron chi connectivity index (χ1n) is 10.8. The summed E-state index contributed by atoms with van der Waals surface area (Å²) < 4.78 is 0. The van der Waals surface area contributed by atoms with Gasteiger partial charge in [0.25, 0.3) is 0 Å². The number of carboxylic acid groups (broad SMARTS) is 1. The van der Waals surface area contributed by atoms with E-state index in [0.29, 0.717) is 18.6 Å². The van der Waals surface area contributed by atoms with Crippen LogP contribution in [0.2, 0.25) is 0 Å². The fourth-order valence-corrected chi connectivity index (χ4v) is 3.86. The number of thioether (sulfide) groups is 2. The Bertz CT molecular complexity index is 619. The first-order valence-corrected chi connectivity index (χ1v) is 13.6. The molecule has 0 fully saturated rings. The molecule has 0 aromatic heterocycles. The van der Waals surface area contributed by atoms with Gasteiger partial charge in [0.1, 0.15) is 18.1 Å². The summed E-state index contributed by atoms with van der Waals surface area (Å²) in [5, 5.41) is 17.3. The number of nitrogens with one attached hydrogen (secondary N) is 3. The minimum absolute atomic E-state index is 0.0765. The van der Waals surface area contributed by atoms with E-state index in [2.05, 4.69) is 16.0 Å². The van der Waals surface area contributed by atoms with E-state index in [1.807, 2.05) is 26.4 Å². The summed E-state index contributed by atoms with van der Waals surface area (Å²) >= 11 is 3.07. The van der Waals surface area contributed by atoms with Crippen LogP contribution in [0.3, 0.4) is 0 Å². The van der Waals surface area contributed by atoms with Crippen molar-refractivity contribution in [1.82, 2.24) is 16.0 Å². The van der Waals surface area contributed by atoms with Crippen molar-refractivity contribution in [2.45, 2.75) is 71.1 Å². The largest absolute Gasteiger partial charge is 0.480 e. The molecule has 0 aromatic carbocycles. The van der Waals surface area contributed by atoms with Gasteiger partial charge in [0.05, 0.1) is 6.04 Å².